The first-order chi connectivity index (χ1) is 5.54. The van der Waals surface area contributed by atoms with Crippen LogP contribution in [0, 0.1) is 9.85 Å². The normalized spacial score (nSPS) is 8.25. The summed E-state index contributed by atoms with van der Waals surface area (Å²) >= 11 is 3.53. The van der Waals surface area contributed by atoms with E-state index >= 15 is 0 Å². The smallest absolute Gasteiger partial charge is 0.101 e. The molecule has 0 saturated heterocycles. The zero-order chi connectivity index (χ0) is 9.56. The van der Waals surface area contributed by atoms with Gasteiger partial charge in [0.05, 0.1) is 0 Å². The average Bonchev–Trinajstić information content (AvgIpc) is 1.94. The van der Waals surface area contributed by atoms with Crippen LogP contribution < -0.4 is 0 Å². The first-order valence-corrected chi connectivity index (χ1v) is 13.1. The van der Waals surface area contributed by atoms with E-state index in [9.17, 15) is 5.21 Å². The molecule has 1 aromatic rings. The molecule has 0 aliphatic carbocycles. The maximum absolute atomic E-state index is 10.4. The molecule has 66 valence electrons. The molecule has 0 saturated carbocycles. The summed E-state index contributed by atoms with van der Waals surface area (Å²) in [6.45, 7) is 0. The molecule has 0 N–H and O–H groups in total. The van der Waals surface area contributed by atoms with E-state index in [1.807, 2.05) is 0 Å². The van der Waals surface area contributed by atoms with Gasteiger partial charge < -0.3 is 9.94 Å². The van der Waals surface area contributed by atoms with Gasteiger partial charge in [-0.15, -0.1) is 0 Å². The van der Waals surface area contributed by atoms with E-state index in [2.05, 4.69) is 22.1 Å². The Balaban J connectivity index is 0.000000261. The van der Waals surface area contributed by atoms with E-state index in [0.717, 1.165) is 0 Å². The Labute approximate surface area is 88.2 Å². The quantitative estimate of drug-likeness (QED) is 0.544. The van der Waals surface area contributed by atoms with Gasteiger partial charge in [-0.1, -0.05) is 18.3 Å². The van der Waals surface area contributed by atoms with Gasteiger partial charge in [0.15, 0.2) is 0 Å². The van der Waals surface area contributed by atoms with Crippen LogP contribution in [0.25, 0.3) is 0 Å². The van der Waals surface area contributed by atoms with Crippen molar-refractivity contribution in [3.8, 4) is 0 Å². The van der Waals surface area contributed by atoms with Crippen LogP contribution in [0.3, 0.4) is 0 Å². The Morgan fingerprint density at radius 2 is 2.00 bits per heavy atom. The Bertz CT molecular complexity index is 273. The molecule has 5 heteroatoms. The summed E-state index contributed by atoms with van der Waals surface area (Å²) in [5.74, 6) is 0. The van der Waals surface area contributed by atoms with Crippen LogP contribution in [0.15, 0.2) is 24.4 Å². The third kappa shape index (κ3) is 6.94. The van der Waals surface area contributed by atoms with Crippen LogP contribution in [0.5, 0.6) is 0 Å². The first-order valence-electron chi connectivity index (χ1n) is 3.35. The van der Waals surface area contributed by atoms with Gasteiger partial charge >= 0.3 is 37.4 Å². The van der Waals surface area contributed by atoms with Crippen LogP contribution in [0.4, 0.5) is 0 Å². The van der Waals surface area contributed by atoms with Gasteiger partial charge in [-0.05, 0) is 18.3 Å². The number of hydrogen-bond acceptors (Lipinski definition) is 2. The SMILES string of the molecule is [CH3][Sn+]([CH3])[Cl].[O-]n1ccccc1=S. The zero-order valence-electron chi connectivity index (χ0n) is 6.95. The van der Waals surface area contributed by atoms with Crippen molar-refractivity contribution in [2.24, 2.45) is 0 Å². The molecule has 1 rings (SSSR count). The van der Waals surface area contributed by atoms with E-state index in [1.165, 1.54) is 6.20 Å². The second-order valence-corrected chi connectivity index (χ2v) is 12.7. The number of nitrogens with zero attached hydrogens (tertiary/aromatic N) is 1. The summed E-state index contributed by atoms with van der Waals surface area (Å²) in [5, 5.41) is 10.4. The second-order valence-electron chi connectivity index (χ2n) is 2.24. The number of pyridine rings is 1. The molecule has 1 aromatic heterocycles. The fourth-order valence-corrected chi connectivity index (χ4v) is 0.552. The molecule has 0 aromatic carbocycles. The molecule has 0 bridgehead atoms. The number of hydrogen-bond donors (Lipinski definition) is 0. The summed E-state index contributed by atoms with van der Waals surface area (Å²) in [6.07, 6.45) is 1.38. The fraction of sp³-hybridized carbons (Fsp3) is 0.286. The van der Waals surface area contributed by atoms with Crippen molar-refractivity contribution in [1.29, 1.82) is 0 Å². The standard InChI is InChI=1S/C5H4NOS.2CH3.ClH.Sn/c7-6-4-2-1-3-5(6)8;;;;/h1-4H;2*1H3;1H;/q-1;;;;+2/p-1. The Kier molecular flexibility index (Phi) is 6.89. The van der Waals surface area contributed by atoms with Crippen molar-refractivity contribution >= 4 is 39.8 Å². The first kappa shape index (κ1) is 12.3. The van der Waals surface area contributed by atoms with Crippen molar-refractivity contribution in [2.75, 3.05) is 0 Å². The third-order valence-corrected chi connectivity index (χ3v) is 1.10. The van der Waals surface area contributed by atoms with E-state index < -0.39 is 18.6 Å². The Morgan fingerprint density at radius 1 is 1.50 bits per heavy atom. The van der Waals surface area contributed by atoms with Crippen LogP contribution in [-0.4, -0.2) is 23.4 Å². The molecule has 0 aliphatic rings. The zero-order valence-corrected chi connectivity index (χ0v) is 11.4. The van der Waals surface area contributed by atoms with Gasteiger partial charge in [0.25, 0.3) is 0 Å². The Hall–Kier alpha value is 0.259. The molecular weight excluding hydrogens is 300 g/mol. The van der Waals surface area contributed by atoms with Gasteiger partial charge in [0.1, 0.15) is 4.64 Å². The van der Waals surface area contributed by atoms with E-state index in [4.69, 9.17) is 8.92 Å². The van der Waals surface area contributed by atoms with Crippen LogP contribution in [-0.2, 0) is 0 Å². The molecule has 0 spiro atoms. The topological polar surface area (TPSA) is 28.0 Å². The predicted molar refractivity (Wildman–Crippen MR) is 57.4 cm³/mol. The minimum Gasteiger partial charge on any atom is -0.805 e. The molecule has 0 unspecified atom stereocenters. The molecule has 0 amide bonds. The summed E-state index contributed by atoms with van der Waals surface area (Å²) in [6, 6.07) is 4.96. The molecule has 0 fully saturated rings. The molecule has 2 nitrogen and oxygen atoms in total. The van der Waals surface area contributed by atoms with Crippen molar-refractivity contribution in [3.05, 3.63) is 34.2 Å². The maximum atomic E-state index is 10.4. The molecule has 0 radical (unpaired) electrons. The van der Waals surface area contributed by atoms with Gasteiger partial charge in [0.2, 0.25) is 0 Å². The van der Waals surface area contributed by atoms with Crippen LogP contribution >= 0.6 is 21.1 Å². The van der Waals surface area contributed by atoms with Gasteiger partial charge in [-0.2, -0.15) is 0 Å². The fourth-order valence-electron chi connectivity index (χ4n) is 0.413. The minimum absolute atomic E-state index is 0.313. The van der Waals surface area contributed by atoms with Gasteiger partial charge in [-0.3, -0.25) is 0 Å². The van der Waals surface area contributed by atoms with Crippen molar-refractivity contribution in [1.82, 2.24) is 4.73 Å². The van der Waals surface area contributed by atoms with Crippen molar-refractivity contribution < 1.29 is 0 Å². The van der Waals surface area contributed by atoms with Crippen LogP contribution in [0.2, 0.25) is 9.88 Å². The largest absolute Gasteiger partial charge is 0.805 e. The monoisotopic (exact) mass is 311 g/mol. The Morgan fingerprint density at radius 3 is 2.25 bits per heavy atom. The van der Waals surface area contributed by atoms with E-state index in [0.29, 0.717) is 9.37 Å². The predicted octanol–water partition coefficient (Wildman–Crippen LogP) is 3.04. The molecular formula is C7H10ClNOSSn. The van der Waals surface area contributed by atoms with Crippen molar-refractivity contribution in [2.45, 2.75) is 9.88 Å². The molecule has 0 atom stereocenters. The van der Waals surface area contributed by atoms with Crippen LogP contribution in [0.1, 0.15) is 0 Å². The molecule has 12 heavy (non-hydrogen) atoms. The number of rotatable bonds is 0. The maximum Gasteiger partial charge on any atom is 0.101 e. The van der Waals surface area contributed by atoms with E-state index in [-0.39, 0.29) is 0 Å². The summed E-state index contributed by atoms with van der Waals surface area (Å²) in [5.41, 5.74) is 0. The van der Waals surface area contributed by atoms with Gasteiger partial charge in [-0.25, -0.2) is 0 Å². The van der Waals surface area contributed by atoms with Gasteiger partial charge in [0, 0.05) is 0 Å². The number of aromatic nitrogens is 1. The number of halogens is 1. The molecule has 1 heterocycles. The summed E-state index contributed by atoms with van der Waals surface area (Å²) < 4.78 is 0.961. The van der Waals surface area contributed by atoms with E-state index in [1.54, 1.807) is 18.2 Å². The third-order valence-electron chi connectivity index (χ3n) is 0.789. The second kappa shape index (κ2) is 6.74. The molecule has 0 aliphatic heterocycles. The average molecular weight is 310 g/mol. The summed E-state index contributed by atoms with van der Waals surface area (Å²) in [4.78, 5) is 4.26. The summed E-state index contributed by atoms with van der Waals surface area (Å²) in [7, 11) is 5.47. The van der Waals surface area contributed by atoms with Crippen molar-refractivity contribution in [3.63, 3.8) is 0 Å². The minimum atomic E-state index is -1.07.